The number of aliphatic hydroxyl groups excluding tert-OH is 1. The quantitative estimate of drug-likeness (QED) is 0.813. The van der Waals surface area contributed by atoms with Crippen LogP contribution in [0.5, 0.6) is 0 Å². The van der Waals surface area contributed by atoms with Crippen LogP contribution in [0.4, 0.5) is 4.79 Å². The second-order valence-electron chi connectivity index (χ2n) is 7.28. The summed E-state index contributed by atoms with van der Waals surface area (Å²) in [5, 5.41) is 20.9. The second-order valence-corrected chi connectivity index (χ2v) is 8.38. The zero-order chi connectivity index (χ0) is 15.7. The number of hydrogen-bond donors (Lipinski definition) is 2. The summed E-state index contributed by atoms with van der Waals surface area (Å²) in [5.74, 6) is 1.54. The Balaban J connectivity index is 2.13. The Bertz CT molecular complexity index is 390. The number of ether oxygens (including phenoxy) is 1. The summed E-state index contributed by atoms with van der Waals surface area (Å²) in [6.07, 6.45) is 1.86. The van der Waals surface area contributed by atoms with Crippen molar-refractivity contribution in [2.75, 3.05) is 31.2 Å². The first-order chi connectivity index (χ1) is 9.71. The molecule has 0 spiro atoms. The van der Waals surface area contributed by atoms with Gasteiger partial charge >= 0.3 is 6.09 Å². The molecule has 122 valence electrons. The van der Waals surface area contributed by atoms with Crippen molar-refractivity contribution >= 4 is 17.9 Å². The van der Waals surface area contributed by atoms with Gasteiger partial charge < -0.3 is 19.8 Å². The molecule has 2 rings (SSSR count). The van der Waals surface area contributed by atoms with Crippen molar-refractivity contribution in [1.29, 1.82) is 0 Å². The number of amides is 1. The summed E-state index contributed by atoms with van der Waals surface area (Å²) in [7, 11) is 0. The third-order valence-electron chi connectivity index (χ3n) is 4.52. The van der Waals surface area contributed by atoms with E-state index in [1.807, 2.05) is 20.8 Å². The smallest absolute Gasteiger partial charge is 0.410 e. The predicted molar refractivity (Wildman–Crippen MR) is 83.5 cm³/mol. The molecule has 0 radical (unpaired) electrons. The zero-order valence-corrected chi connectivity index (χ0v) is 14.0. The lowest BCUT2D eigenvalue weighted by atomic mass is 9.67. The van der Waals surface area contributed by atoms with Crippen molar-refractivity contribution in [2.24, 2.45) is 5.41 Å². The molecule has 2 aliphatic rings. The molecular formula is C15H27NO4S. The van der Waals surface area contributed by atoms with Gasteiger partial charge in [0.1, 0.15) is 5.60 Å². The third-order valence-corrected chi connectivity index (χ3v) is 5.69. The molecule has 2 unspecified atom stereocenters. The molecule has 6 heteroatoms. The van der Waals surface area contributed by atoms with Gasteiger partial charge in [-0.05, 0) is 45.8 Å². The predicted octanol–water partition coefficient (Wildman–Crippen LogP) is 1.86. The molecule has 2 saturated heterocycles. The van der Waals surface area contributed by atoms with Crippen LogP contribution >= 0.6 is 11.8 Å². The van der Waals surface area contributed by atoms with Gasteiger partial charge in [-0.25, -0.2) is 4.79 Å². The molecule has 2 fully saturated rings. The second kappa shape index (κ2) is 5.97. The lowest BCUT2D eigenvalue weighted by molar-refractivity contribution is -0.123. The lowest BCUT2D eigenvalue weighted by Gasteiger charge is -2.49. The Kier molecular flexibility index (Phi) is 4.81. The van der Waals surface area contributed by atoms with Gasteiger partial charge in [0, 0.05) is 24.3 Å². The molecule has 21 heavy (non-hydrogen) atoms. The van der Waals surface area contributed by atoms with E-state index in [0.29, 0.717) is 25.3 Å². The number of nitrogens with zero attached hydrogens (tertiary/aromatic N) is 1. The minimum atomic E-state index is -0.882. The van der Waals surface area contributed by atoms with E-state index in [1.165, 1.54) is 0 Å². The van der Waals surface area contributed by atoms with E-state index in [-0.39, 0.29) is 12.7 Å². The summed E-state index contributed by atoms with van der Waals surface area (Å²) in [6.45, 7) is 6.43. The Labute approximate surface area is 131 Å². The minimum Gasteiger partial charge on any atom is -0.444 e. The Morgan fingerprint density at radius 3 is 2.62 bits per heavy atom. The Morgan fingerprint density at radius 1 is 1.38 bits per heavy atom. The highest BCUT2D eigenvalue weighted by Gasteiger charge is 2.54. The summed E-state index contributed by atoms with van der Waals surface area (Å²) < 4.78 is 5.43. The van der Waals surface area contributed by atoms with Gasteiger partial charge in [0.15, 0.2) is 0 Å². The molecule has 5 nitrogen and oxygen atoms in total. The van der Waals surface area contributed by atoms with Gasteiger partial charge in [0.2, 0.25) is 0 Å². The lowest BCUT2D eigenvalue weighted by Crippen LogP contribution is -2.60. The molecule has 1 amide bonds. The fourth-order valence-electron chi connectivity index (χ4n) is 3.24. The van der Waals surface area contributed by atoms with E-state index >= 15 is 0 Å². The van der Waals surface area contributed by atoms with E-state index in [9.17, 15) is 15.0 Å². The standard InChI is InChI=1S/C15H27NO4S/c1-13(2,3)20-12(18)16-7-4-5-14(9-16,10-17)15(19)6-8-21-11-15/h17,19H,4-11H2,1-3H3. The van der Waals surface area contributed by atoms with E-state index in [1.54, 1.807) is 16.7 Å². The van der Waals surface area contributed by atoms with Gasteiger partial charge in [-0.1, -0.05) is 0 Å². The fourth-order valence-corrected chi connectivity index (χ4v) is 4.66. The average molecular weight is 317 g/mol. The molecule has 0 bridgehead atoms. The first-order valence-corrected chi connectivity index (χ1v) is 8.76. The van der Waals surface area contributed by atoms with Crippen LogP contribution in [-0.4, -0.2) is 63.6 Å². The highest BCUT2D eigenvalue weighted by molar-refractivity contribution is 7.99. The number of thioether (sulfide) groups is 1. The molecule has 0 aromatic rings. The molecule has 0 saturated carbocycles. The topological polar surface area (TPSA) is 70.0 Å². The maximum atomic E-state index is 12.3. The summed E-state index contributed by atoms with van der Waals surface area (Å²) >= 11 is 1.71. The van der Waals surface area contributed by atoms with Crippen LogP contribution in [0.2, 0.25) is 0 Å². The van der Waals surface area contributed by atoms with Crippen LogP contribution in [0.3, 0.4) is 0 Å². The van der Waals surface area contributed by atoms with Gasteiger partial charge in [-0.15, -0.1) is 0 Å². The molecule has 2 heterocycles. The number of hydrogen-bond acceptors (Lipinski definition) is 5. The van der Waals surface area contributed by atoms with Crippen molar-refractivity contribution < 1.29 is 19.7 Å². The van der Waals surface area contributed by atoms with Crippen molar-refractivity contribution in [3.8, 4) is 0 Å². The van der Waals surface area contributed by atoms with E-state index in [2.05, 4.69) is 0 Å². The highest BCUT2D eigenvalue weighted by Crippen LogP contribution is 2.47. The van der Waals surface area contributed by atoms with Crippen LogP contribution in [0.1, 0.15) is 40.0 Å². The summed E-state index contributed by atoms with van der Waals surface area (Å²) in [4.78, 5) is 13.9. The first kappa shape index (κ1) is 16.9. The average Bonchev–Trinajstić information content (AvgIpc) is 2.85. The van der Waals surface area contributed by atoms with E-state index < -0.39 is 16.6 Å². The number of piperidine rings is 1. The summed E-state index contributed by atoms with van der Waals surface area (Å²) in [6, 6.07) is 0. The number of carbonyl (C=O) groups excluding carboxylic acids is 1. The van der Waals surface area contributed by atoms with Gasteiger partial charge in [0.25, 0.3) is 0 Å². The molecule has 2 atom stereocenters. The zero-order valence-electron chi connectivity index (χ0n) is 13.2. The van der Waals surface area contributed by atoms with E-state index in [0.717, 1.165) is 18.6 Å². The molecule has 2 N–H and O–H groups in total. The largest absolute Gasteiger partial charge is 0.444 e. The summed E-state index contributed by atoms with van der Waals surface area (Å²) in [5.41, 5.74) is -2.03. The van der Waals surface area contributed by atoms with Crippen LogP contribution < -0.4 is 0 Å². The molecule has 2 aliphatic heterocycles. The van der Waals surface area contributed by atoms with Crippen molar-refractivity contribution in [3.05, 3.63) is 0 Å². The van der Waals surface area contributed by atoms with Crippen molar-refractivity contribution in [2.45, 2.75) is 51.2 Å². The minimum absolute atomic E-state index is 0.0939. The Hall–Kier alpha value is -0.460. The van der Waals surface area contributed by atoms with E-state index in [4.69, 9.17) is 4.74 Å². The third kappa shape index (κ3) is 3.48. The van der Waals surface area contributed by atoms with Crippen LogP contribution in [0, 0.1) is 5.41 Å². The van der Waals surface area contributed by atoms with Crippen molar-refractivity contribution in [3.63, 3.8) is 0 Å². The Morgan fingerprint density at radius 2 is 2.10 bits per heavy atom. The highest BCUT2D eigenvalue weighted by atomic mass is 32.2. The molecule has 0 aliphatic carbocycles. The maximum Gasteiger partial charge on any atom is 0.410 e. The number of likely N-dealkylation sites (tertiary alicyclic amines) is 1. The van der Waals surface area contributed by atoms with Gasteiger partial charge in [-0.2, -0.15) is 11.8 Å². The number of carbonyl (C=O) groups is 1. The van der Waals surface area contributed by atoms with Gasteiger partial charge in [0.05, 0.1) is 12.2 Å². The molecule has 0 aromatic carbocycles. The van der Waals surface area contributed by atoms with Gasteiger partial charge in [-0.3, -0.25) is 0 Å². The first-order valence-electron chi connectivity index (χ1n) is 7.60. The van der Waals surface area contributed by atoms with Crippen molar-refractivity contribution in [1.82, 2.24) is 4.90 Å². The fraction of sp³-hybridized carbons (Fsp3) is 0.933. The van der Waals surface area contributed by atoms with Crippen LogP contribution in [-0.2, 0) is 4.74 Å². The number of aliphatic hydroxyl groups is 2. The molecular weight excluding hydrogens is 290 g/mol. The SMILES string of the molecule is CC(C)(C)OC(=O)N1CCCC(CO)(C2(O)CCSC2)C1. The van der Waals surface area contributed by atoms with Crippen LogP contribution in [0.15, 0.2) is 0 Å². The monoisotopic (exact) mass is 317 g/mol. The maximum absolute atomic E-state index is 12.3. The van der Waals surface area contributed by atoms with Crippen LogP contribution in [0.25, 0.3) is 0 Å². The molecule has 0 aromatic heterocycles. The number of rotatable bonds is 2. The normalized spacial score (nSPS) is 34.0.